The van der Waals surface area contributed by atoms with Crippen LogP contribution in [0, 0.1) is 0 Å². The van der Waals surface area contributed by atoms with Crippen molar-refractivity contribution in [1.82, 2.24) is 20.0 Å². The highest BCUT2D eigenvalue weighted by Crippen LogP contribution is 2.52. The van der Waals surface area contributed by atoms with Crippen LogP contribution in [0.3, 0.4) is 0 Å². The SMILES string of the molecule is COc1cc2c3cc1Oc1c(OC)c(OC)cc4c1[C@@H](Cc1ccc(OCCN5CCNCC5)c(c1)Oc1ccc(cc1)C[C@@H]3N(C)CC2)N(C)CC4. The van der Waals surface area contributed by atoms with E-state index in [1.165, 1.54) is 22.3 Å². The van der Waals surface area contributed by atoms with Crippen LogP contribution in [-0.2, 0) is 25.7 Å². The van der Waals surface area contributed by atoms with Gasteiger partial charge in [0.2, 0.25) is 5.75 Å². The van der Waals surface area contributed by atoms with Gasteiger partial charge in [-0.2, -0.15) is 0 Å². The van der Waals surface area contributed by atoms with Crippen molar-refractivity contribution < 1.29 is 28.4 Å². The third-order valence-corrected chi connectivity index (χ3v) is 11.5. The highest BCUT2D eigenvalue weighted by Gasteiger charge is 2.35. The van der Waals surface area contributed by atoms with Gasteiger partial charge in [-0.05, 0) is 110 Å². The second kappa shape index (κ2) is 15.5. The highest BCUT2D eigenvalue weighted by molar-refractivity contribution is 5.64. The van der Waals surface area contributed by atoms with Crippen molar-refractivity contribution in [1.29, 1.82) is 0 Å². The lowest BCUT2D eigenvalue weighted by Gasteiger charge is -2.37. The molecule has 6 bridgehead atoms. The van der Waals surface area contributed by atoms with Crippen LogP contribution in [0.5, 0.6) is 46.0 Å². The van der Waals surface area contributed by atoms with Crippen LogP contribution in [0.25, 0.3) is 0 Å². The number of hydrogen-bond donors (Lipinski definition) is 1. The van der Waals surface area contributed by atoms with E-state index >= 15 is 0 Å². The average Bonchev–Trinajstić information content (AvgIpc) is 3.18. The zero-order valence-electron chi connectivity index (χ0n) is 31.7. The zero-order chi connectivity index (χ0) is 36.5. The number of likely N-dealkylation sites (N-methyl/N-ethyl adjacent to an activating group) is 2. The van der Waals surface area contributed by atoms with Crippen LogP contribution >= 0.6 is 0 Å². The number of nitrogens with one attached hydrogen (secondary N) is 1. The Labute approximate surface area is 313 Å². The molecule has 4 aromatic carbocycles. The fourth-order valence-corrected chi connectivity index (χ4v) is 8.45. The number of rotatable bonds is 7. The Bertz CT molecular complexity index is 1930. The Kier molecular flexibility index (Phi) is 10.4. The monoisotopic (exact) mass is 720 g/mol. The molecule has 5 heterocycles. The molecule has 1 N–H and O–H groups in total. The van der Waals surface area contributed by atoms with Crippen molar-refractivity contribution in [2.75, 3.05) is 87.8 Å². The van der Waals surface area contributed by atoms with Crippen LogP contribution in [-0.4, -0.2) is 103 Å². The molecule has 0 amide bonds. The lowest BCUT2D eigenvalue weighted by atomic mass is 9.87. The van der Waals surface area contributed by atoms with Crippen LogP contribution in [0.2, 0.25) is 0 Å². The molecular weight excluding hydrogens is 668 g/mol. The van der Waals surface area contributed by atoms with E-state index in [2.05, 4.69) is 94.8 Å². The van der Waals surface area contributed by atoms with E-state index in [0.717, 1.165) is 99.9 Å². The molecule has 10 heteroatoms. The molecule has 5 aliphatic heterocycles. The number of benzene rings is 4. The standard InChI is InChI=1S/C43H52N4O6/c1-45-16-12-30-25-37(48-3)39-27-33(30)34(45)22-28-6-9-32(10-7-28)52-38-24-29(8-11-36(38)51-21-20-47-18-14-44-15-19-47)23-35-41-31(13-17-46(35)2)26-40(49-4)42(50-5)43(41)53-39/h6-11,24-27,34-35,44H,12-23H2,1-5H3/t34-,35+/m0/s1. The first-order chi connectivity index (χ1) is 25.9. The van der Waals surface area contributed by atoms with E-state index in [1.54, 1.807) is 21.3 Å². The summed E-state index contributed by atoms with van der Waals surface area (Å²) in [6.07, 6.45) is 3.36. The third-order valence-electron chi connectivity index (χ3n) is 11.5. The van der Waals surface area contributed by atoms with E-state index in [4.69, 9.17) is 28.4 Å². The summed E-state index contributed by atoms with van der Waals surface area (Å²) in [4.78, 5) is 7.29. The van der Waals surface area contributed by atoms with Crippen molar-refractivity contribution in [2.45, 2.75) is 37.8 Å². The van der Waals surface area contributed by atoms with Gasteiger partial charge in [-0.1, -0.05) is 18.2 Å². The van der Waals surface area contributed by atoms with E-state index < -0.39 is 0 Å². The van der Waals surface area contributed by atoms with E-state index in [1.807, 2.05) is 0 Å². The van der Waals surface area contributed by atoms with E-state index in [0.29, 0.717) is 35.4 Å². The topological polar surface area (TPSA) is 77.1 Å². The fourth-order valence-electron chi connectivity index (χ4n) is 8.45. The van der Waals surface area contributed by atoms with Gasteiger partial charge >= 0.3 is 0 Å². The largest absolute Gasteiger partial charge is 0.493 e. The minimum absolute atomic E-state index is 0.0124. The Morgan fingerprint density at radius 3 is 2.11 bits per heavy atom. The molecule has 9 rings (SSSR count). The first-order valence-corrected chi connectivity index (χ1v) is 18.9. The summed E-state index contributed by atoms with van der Waals surface area (Å²) in [6.45, 7) is 7.42. The number of nitrogens with zero attached hydrogens (tertiary/aromatic N) is 3. The lowest BCUT2D eigenvalue weighted by molar-refractivity contribution is 0.189. The van der Waals surface area contributed by atoms with Gasteiger partial charge in [0.25, 0.3) is 0 Å². The Balaban J connectivity index is 1.25. The normalized spacial score (nSPS) is 20.3. The van der Waals surface area contributed by atoms with Gasteiger partial charge in [0, 0.05) is 63.5 Å². The number of hydrogen-bond acceptors (Lipinski definition) is 10. The van der Waals surface area contributed by atoms with Crippen molar-refractivity contribution in [3.63, 3.8) is 0 Å². The second-order valence-electron chi connectivity index (χ2n) is 14.7. The summed E-state index contributed by atoms with van der Waals surface area (Å²) >= 11 is 0. The summed E-state index contributed by atoms with van der Waals surface area (Å²) < 4.78 is 38.3. The molecule has 0 unspecified atom stereocenters. The number of ether oxygens (including phenoxy) is 6. The highest BCUT2D eigenvalue weighted by atomic mass is 16.5. The maximum Gasteiger partial charge on any atom is 0.204 e. The Hall–Kier alpha value is -4.48. The van der Waals surface area contributed by atoms with Crippen LogP contribution in [0.4, 0.5) is 0 Å². The Morgan fingerprint density at radius 1 is 0.679 bits per heavy atom. The minimum atomic E-state index is -0.0124. The molecular formula is C43H52N4O6. The second-order valence-corrected chi connectivity index (χ2v) is 14.7. The van der Waals surface area contributed by atoms with Crippen LogP contribution in [0.15, 0.2) is 60.7 Å². The minimum Gasteiger partial charge on any atom is -0.493 e. The maximum atomic E-state index is 7.10. The average molecular weight is 721 g/mol. The zero-order valence-corrected chi connectivity index (χ0v) is 31.7. The maximum absolute atomic E-state index is 7.10. The van der Waals surface area contributed by atoms with Gasteiger partial charge < -0.3 is 33.7 Å². The van der Waals surface area contributed by atoms with Crippen molar-refractivity contribution >= 4 is 0 Å². The first-order valence-electron chi connectivity index (χ1n) is 18.9. The number of methoxy groups -OCH3 is 3. The van der Waals surface area contributed by atoms with Crippen LogP contribution in [0.1, 0.15) is 45.5 Å². The molecule has 53 heavy (non-hydrogen) atoms. The van der Waals surface area contributed by atoms with Crippen molar-refractivity contribution in [3.05, 3.63) is 94.0 Å². The summed E-state index contributed by atoms with van der Waals surface area (Å²) in [5, 5.41) is 3.43. The predicted octanol–water partition coefficient (Wildman–Crippen LogP) is 6.44. The van der Waals surface area contributed by atoms with Gasteiger partial charge in [0.1, 0.15) is 12.4 Å². The van der Waals surface area contributed by atoms with E-state index in [9.17, 15) is 0 Å². The molecule has 1 fully saturated rings. The summed E-state index contributed by atoms with van der Waals surface area (Å²) in [6, 6.07) is 21.5. The molecule has 0 radical (unpaired) electrons. The van der Waals surface area contributed by atoms with Gasteiger partial charge in [-0.15, -0.1) is 0 Å². The first kappa shape index (κ1) is 35.5. The molecule has 0 spiro atoms. The van der Waals surface area contributed by atoms with Crippen molar-refractivity contribution in [2.24, 2.45) is 0 Å². The van der Waals surface area contributed by atoms with Gasteiger partial charge in [0.15, 0.2) is 34.5 Å². The predicted molar refractivity (Wildman–Crippen MR) is 206 cm³/mol. The smallest absolute Gasteiger partial charge is 0.204 e. The molecule has 0 aromatic heterocycles. The molecule has 5 aliphatic rings. The summed E-state index contributed by atoms with van der Waals surface area (Å²) in [7, 11) is 9.48. The van der Waals surface area contributed by atoms with Gasteiger partial charge in [0.05, 0.1) is 21.3 Å². The van der Waals surface area contributed by atoms with Gasteiger partial charge in [-0.25, -0.2) is 0 Å². The fraction of sp³-hybridized carbons (Fsp3) is 0.442. The molecule has 0 saturated carbocycles. The molecule has 280 valence electrons. The number of piperazine rings is 1. The molecule has 10 nitrogen and oxygen atoms in total. The lowest BCUT2D eigenvalue weighted by Crippen LogP contribution is -2.44. The molecule has 0 aliphatic carbocycles. The van der Waals surface area contributed by atoms with Crippen molar-refractivity contribution in [3.8, 4) is 46.0 Å². The Morgan fingerprint density at radius 2 is 1.36 bits per heavy atom. The van der Waals surface area contributed by atoms with Crippen LogP contribution < -0.4 is 33.7 Å². The number of fused-ring (bicyclic) bond motifs is 2. The summed E-state index contributed by atoms with van der Waals surface area (Å²) in [5.74, 6) is 5.52. The summed E-state index contributed by atoms with van der Waals surface area (Å²) in [5.41, 5.74) is 7.19. The molecule has 4 aromatic rings. The van der Waals surface area contributed by atoms with E-state index in [-0.39, 0.29) is 12.1 Å². The third kappa shape index (κ3) is 7.25. The molecule has 1 saturated heterocycles. The molecule has 2 atom stereocenters. The quantitative estimate of drug-likeness (QED) is 0.231. The van der Waals surface area contributed by atoms with Gasteiger partial charge in [-0.3, -0.25) is 14.7 Å².